The highest BCUT2D eigenvalue weighted by Crippen LogP contribution is 2.20. The summed E-state index contributed by atoms with van der Waals surface area (Å²) < 4.78 is 0. The van der Waals surface area contributed by atoms with Crippen LogP contribution in [0, 0.1) is 0 Å². The van der Waals surface area contributed by atoms with Crippen molar-refractivity contribution in [2.75, 3.05) is 6.54 Å². The first-order valence-corrected chi connectivity index (χ1v) is 5.69. The van der Waals surface area contributed by atoms with Gasteiger partial charge < -0.3 is 15.5 Å². The fourth-order valence-corrected chi connectivity index (χ4v) is 2.16. The van der Waals surface area contributed by atoms with Gasteiger partial charge in [0.2, 0.25) is 0 Å². The molecule has 3 nitrogen and oxygen atoms in total. The summed E-state index contributed by atoms with van der Waals surface area (Å²) in [6, 6.07) is 0.193. The van der Waals surface area contributed by atoms with E-state index in [0.29, 0.717) is 6.54 Å². The monoisotopic (exact) mass is 201 g/mol. The summed E-state index contributed by atoms with van der Waals surface area (Å²) >= 11 is 0. The Morgan fingerprint density at radius 2 is 2.14 bits per heavy atom. The van der Waals surface area contributed by atoms with Crippen molar-refractivity contribution in [1.29, 1.82) is 0 Å². The molecule has 0 radical (unpaired) electrons. The minimum absolute atomic E-state index is 0.193. The fourth-order valence-electron chi connectivity index (χ4n) is 2.16. The summed E-state index contributed by atoms with van der Waals surface area (Å²) in [5.74, 6) is 0. The zero-order chi connectivity index (χ0) is 10.6. The molecule has 0 amide bonds. The van der Waals surface area contributed by atoms with Crippen LogP contribution in [0.1, 0.15) is 46.0 Å². The molecular formula is C11H23NO2. The molecule has 3 heteroatoms. The third-order valence-corrected chi connectivity index (χ3v) is 3.01. The van der Waals surface area contributed by atoms with Gasteiger partial charge >= 0.3 is 0 Å². The maximum absolute atomic E-state index is 9.92. The molecule has 0 aromatic heterocycles. The predicted octanol–water partition coefficient (Wildman–Crippen LogP) is 1.04. The smallest absolute Gasteiger partial charge is 0.0743 e. The second-order valence-electron chi connectivity index (χ2n) is 4.73. The molecule has 0 aromatic carbocycles. The summed E-state index contributed by atoms with van der Waals surface area (Å²) in [7, 11) is 0. The SMILES string of the molecule is CCCC(C)(O)CN[C@@H]1CCC[C@H]1O. The van der Waals surface area contributed by atoms with Crippen molar-refractivity contribution in [3.8, 4) is 0 Å². The van der Waals surface area contributed by atoms with Gasteiger partial charge in [0.15, 0.2) is 0 Å². The number of aliphatic hydroxyl groups is 2. The van der Waals surface area contributed by atoms with Crippen LogP contribution in [0.4, 0.5) is 0 Å². The van der Waals surface area contributed by atoms with Crippen molar-refractivity contribution in [2.45, 2.75) is 63.7 Å². The number of hydrogen-bond donors (Lipinski definition) is 3. The van der Waals surface area contributed by atoms with Gasteiger partial charge in [-0.2, -0.15) is 0 Å². The summed E-state index contributed by atoms with van der Waals surface area (Å²) in [6.45, 7) is 4.51. The van der Waals surface area contributed by atoms with Crippen LogP contribution in [0.3, 0.4) is 0 Å². The lowest BCUT2D eigenvalue weighted by molar-refractivity contribution is 0.0408. The van der Waals surface area contributed by atoms with Crippen LogP contribution >= 0.6 is 0 Å². The largest absolute Gasteiger partial charge is 0.392 e. The first kappa shape index (κ1) is 12.0. The van der Waals surface area contributed by atoms with Crippen molar-refractivity contribution in [3.63, 3.8) is 0 Å². The Bertz CT molecular complexity index is 171. The van der Waals surface area contributed by atoms with Crippen LogP contribution in [0.2, 0.25) is 0 Å². The van der Waals surface area contributed by atoms with Crippen molar-refractivity contribution in [1.82, 2.24) is 5.32 Å². The van der Waals surface area contributed by atoms with Gasteiger partial charge in [-0.3, -0.25) is 0 Å². The zero-order valence-corrected chi connectivity index (χ0v) is 9.29. The Morgan fingerprint density at radius 3 is 2.64 bits per heavy atom. The van der Waals surface area contributed by atoms with Gasteiger partial charge in [-0.1, -0.05) is 13.3 Å². The van der Waals surface area contributed by atoms with E-state index < -0.39 is 5.60 Å². The number of nitrogens with one attached hydrogen (secondary N) is 1. The van der Waals surface area contributed by atoms with Crippen molar-refractivity contribution >= 4 is 0 Å². The second-order valence-corrected chi connectivity index (χ2v) is 4.73. The predicted molar refractivity (Wildman–Crippen MR) is 57.2 cm³/mol. The molecular weight excluding hydrogens is 178 g/mol. The van der Waals surface area contributed by atoms with E-state index >= 15 is 0 Å². The first-order chi connectivity index (χ1) is 6.55. The Morgan fingerprint density at radius 1 is 1.43 bits per heavy atom. The van der Waals surface area contributed by atoms with Crippen molar-refractivity contribution in [3.05, 3.63) is 0 Å². The quantitative estimate of drug-likeness (QED) is 0.623. The number of hydrogen-bond acceptors (Lipinski definition) is 3. The average molecular weight is 201 g/mol. The normalized spacial score (nSPS) is 31.7. The van der Waals surface area contributed by atoms with E-state index in [4.69, 9.17) is 0 Å². The molecule has 1 aliphatic rings. The molecule has 1 aliphatic carbocycles. The summed E-state index contributed by atoms with van der Waals surface area (Å²) in [4.78, 5) is 0. The second kappa shape index (κ2) is 5.10. The van der Waals surface area contributed by atoms with Crippen LogP contribution < -0.4 is 5.32 Å². The minimum atomic E-state index is -0.628. The van der Waals surface area contributed by atoms with Gasteiger partial charge in [0.1, 0.15) is 0 Å². The molecule has 1 saturated carbocycles. The van der Waals surface area contributed by atoms with Crippen molar-refractivity contribution < 1.29 is 10.2 Å². The van der Waals surface area contributed by atoms with E-state index in [-0.39, 0.29) is 12.1 Å². The van der Waals surface area contributed by atoms with Crippen LogP contribution in [0.5, 0.6) is 0 Å². The molecule has 1 rings (SSSR count). The van der Waals surface area contributed by atoms with Crippen LogP contribution in [-0.4, -0.2) is 34.5 Å². The van der Waals surface area contributed by atoms with Crippen LogP contribution in [0.15, 0.2) is 0 Å². The van der Waals surface area contributed by atoms with E-state index in [2.05, 4.69) is 12.2 Å². The molecule has 0 saturated heterocycles. The van der Waals surface area contributed by atoms with E-state index in [1.807, 2.05) is 6.92 Å². The van der Waals surface area contributed by atoms with E-state index in [0.717, 1.165) is 32.1 Å². The molecule has 0 spiro atoms. The molecule has 3 atom stereocenters. The highest BCUT2D eigenvalue weighted by molar-refractivity contribution is 4.85. The third kappa shape index (κ3) is 3.56. The topological polar surface area (TPSA) is 52.5 Å². The molecule has 0 aromatic rings. The minimum Gasteiger partial charge on any atom is -0.392 e. The van der Waals surface area contributed by atoms with Crippen molar-refractivity contribution in [2.24, 2.45) is 0 Å². The lowest BCUT2D eigenvalue weighted by Crippen LogP contribution is -2.45. The maximum atomic E-state index is 9.92. The Labute approximate surface area is 86.5 Å². The van der Waals surface area contributed by atoms with Gasteiger partial charge in [0.05, 0.1) is 11.7 Å². The lowest BCUT2D eigenvalue weighted by atomic mass is 10.00. The molecule has 14 heavy (non-hydrogen) atoms. The van der Waals surface area contributed by atoms with E-state index in [1.165, 1.54) is 0 Å². The molecule has 0 aliphatic heterocycles. The van der Waals surface area contributed by atoms with Gasteiger partial charge in [0, 0.05) is 12.6 Å². The summed E-state index contributed by atoms with van der Waals surface area (Å²) in [5.41, 5.74) is -0.628. The molecule has 84 valence electrons. The summed E-state index contributed by atoms with van der Waals surface area (Å²) in [5, 5.41) is 22.7. The fraction of sp³-hybridized carbons (Fsp3) is 1.00. The van der Waals surface area contributed by atoms with Gasteiger partial charge in [-0.15, -0.1) is 0 Å². The molecule has 1 unspecified atom stereocenters. The highest BCUT2D eigenvalue weighted by atomic mass is 16.3. The van der Waals surface area contributed by atoms with E-state index in [1.54, 1.807) is 0 Å². The standard InChI is InChI=1S/C11H23NO2/c1-3-7-11(2,14)8-12-9-5-4-6-10(9)13/h9-10,12-14H,3-8H2,1-2H3/t9-,10-,11?/m1/s1. The molecule has 0 bridgehead atoms. The number of aliphatic hydroxyl groups excluding tert-OH is 1. The molecule has 1 fully saturated rings. The lowest BCUT2D eigenvalue weighted by Gasteiger charge is -2.26. The van der Waals surface area contributed by atoms with Gasteiger partial charge in [-0.05, 0) is 32.6 Å². The number of rotatable bonds is 5. The van der Waals surface area contributed by atoms with Gasteiger partial charge in [-0.25, -0.2) is 0 Å². The van der Waals surface area contributed by atoms with Gasteiger partial charge in [0.25, 0.3) is 0 Å². The summed E-state index contributed by atoms with van der Waals surface area (Å²) in [6.07, 6.45) is 4.60. The maximum Gasteiger partial charge on any atom is 0.0743 e. The van der Waals surface area contributed by atoms with Crippen LogP contribution in [0.25, 0.3) is 0 Å². The highest BCUT2D eigenvalue weighted by Gasteiger charge is 2.27. The molecule has 3 N–H and O–H groups in total. The third-order valence-electron chi connectivity index (χ3n) is 3.01. The Balaban J connectivity index is 2.25. The Kier molecular flexibility index (Phi) is 4.35. The first-order valence-electron chi connectivity index (χ1n) is 5.69. The van der Waals surface area contributed by atoms with E-state index in [9.17, 15) is 10.2 Å². The van der Waals surface area contributed by atoms with Crippen LogP contribution in [-0.2, 0) is 0 Å². The Hall–Kier alpha value is -0.120. The molecule has 0 heterocycles. The zero-order valence-electron chi connectivity index (χ0n) is 9.29. The average Bonchev–Trinajstić information content (AvgIpc) is 2.48.